The van der Waals surface area contributed by atoms with E-state index in [0.29, 0.717) is 0 Å². The van der Waals surface area contributed by atoms with Gasteiger partial charge in [-0.2, -0.15) is 0 Å². The molecule has 0 aliphatic rings. The van der Waals surface area contributed by atoms with Crippen LogP contribution in [0.4, 0.5) is 0 Å². The summed E-state index contributed by atoms with van der Waals surface area (Å²) >= 11 is 0. The highest BCUT2D eigenvalue weighted by atomic mass is 27.0. The van der Waals surface area contributed by atoms with Gasteiger partial charge in [-0.1, -0.05) is 0 Å². The van der Waals surface area contributed by atoms with Crippen LogP contribution in [0.1, 0.15) is 0 Å². The normalized spacial score (nSPS) is 0. The average molecular weight is 97.9 g/mol. The van der Waals surface area contributed by atoms with Crippen LogP contribution in [0, 0.1) is 0 Å². The predicted octanol–water partition coefficient (Wildman–Crippen LogP) is -4.84. The Bertz CT molecular complexity index is 6.85. The van der Waals surface area contributed by atoms with E-state index < -0.39 is 0 Å². The minimum Gasteiger partial charge on any atom is -0.412 e. The summed E-state index contributed by atoms with van der Waals surface area (Å²) < 4.78 is 0. The van der Waals surface area contributed by atoms with Gasteiger partial charge < -0.3 is 16.4 Å². The lowest BCUT2D eigenvalue weighted by Gasteiger charge is -0.413. The summed E-state index contributed by atoms with van der Waals surface area (Å²) in [6.45, 7) is 0. The van der Waals surface area contributed by atoms with E-state index in [0.717, 1.165) is 0 Å². The van der Waals surface area contributed by atoms with E-state index in [1.807, 2.05) is 0 Å². The van der Waals surface area contributed by atoms with Crippen molar-refractivity contribution in [3.8, 4) is 0 Å². The van der Waals surface area contributed by atoms with Crippen molar-refractivity contribution in [3.05, 3.63) is 0 Å². The van der Waals surface area contributed by atoms with Gasteiger partial charge in [0.25, 0.3) is 0 Å². The average Bonchev–Trinajstić information content (AvgIpc) is 0. The number of hydrogen-bond donors (Lipinski definition) is 0. The molecule has 0 fully saturated rings. The third-order valence-electron chi connectivity index (χ3n) is 0. The van der Waals surface area contributed by atoms with Gasteiger partial charge in [-0.3, -0.25) is 0 Å². The fourth-order valence-electron chi connectivity index (χ4n) is 0. The van der Waals surface area contributed by atoms with Gasteiger partial charge in [0.15, 0.2) is 17.4 Å². The van der Waals surface area contributed by atoms with Crippen LogP contribution in [-0.4, -0.2) is 42.2 Å². The Labute approximate surface area is 43.0 Å². The van der Waals surface area contributed by atoms with Crippen LogP contribution >= 0.6 is 0 Å². The summed E-state index contributed by atoms with van der Waals surface area (Å²) in [4.78, 5) is 0. The maximum Gasteiger partial charge on any atom is 0.187 e. The number of rotatable bonds is 0. The van der Waals surface area contributed by atoms with E-state index in [9.17, 15) is 0 Å². The first-order valence-electron chi connectivity index (χ1n) is 0. The van der Waals surface area contributed by atoms with E-state index in [4.69, 9.17) is 0 Å². The Morgan fingerprint density at radius 3 is 0.600 bits per heavy atom. The summed E-state index contributed by atoms with van der Waals surface area (Å²) in [7, 11) is 0. The second-order valence-corrected chi connectivity index (χ2v) is 0. The van der Waals surface area contributed by atoms with Crippen molar-refractivity contribution in [2.75, 3.05) is 0 Å². The Hall–Kier alpha value is 0.477. The maximum atomic E-state index is 0. The van der Waals surface area contributed by atoms with Crippen LogP contribution in [-0.2, 0) is 0 Å². The second-order valence-electron chi connectivity index (χ2n) is 0. The van der Waals surface area contributed by atoms with Gasteiger partial charge >= 0.3 is 0 Å². The third kappa shape index (κ3) is 121. The van der Waals surface area contributed by atoms with Gasteiger partial charge in [0.05, 0.1) is 8.41 Å². The van der Waals surface area contributed by atoms with E-state index >= 15 is 0 Å². The molecule has 0 bridgehead atoms. The molecule has 0 radical (unpaired) electrons. The molecule has 0 atom stereocenters. The molecule has 0 aliphatic heterocycles. The van der Waals surface area contributed by atoms with Crippen molar-refractivity contribution in [2.24, 2.45) is 0 Å². The van der Waals surface area contributed by atoms with Crippen LogP contribution in [0.15, 0.2) is 0 Å². The molecule has 0 spiro atoms. The highest BCUT2D eigenvalue weighted by molar-refractivity contribution is 5.76. The van der Waals surface area contributed by atoms with Crippen molar-refractivity contribution in [2.45, 2.75) is 0 Å². The SMILES string of the molecule is B.O.O.O.[AlH3]. The lowest BCUT2D eigenvalue weighted by Crippen LogP contribution is -0.382. The predicted molar refractivity (Wildman–Crippen MR) is 30.7 cm³/mol. The van der Waals surface area contributed by atoms with Crippen LogP contribution < -0.4 is 0 Å². The molecular formula is H12AlBO3. The largest absolute Gasteiger partial charge is 0.412 e. The van der Waals surface area contributed by atoms with Crippen LogP contribution in [0.25, 0.3) is 0 Å². The summed E-state index contributed by atoms with van der Waals surface area (Å²) in [5.74, 6) is 0. The first-order valence-corrected chi connectivity index (χ1v) is 0. The monoisotopic (exact) mass is 98.1 g/mol. The van der Waals surface area contributed by atoms with E-state index in [1.165, 1.54) is 0 Å². The van der Waals surface area contributed by atoms with Crippen LogP contribution in [0.3, 0.4) is 0 Å². The molecule has 0 amide bonds. The molecule has 0 rings (SSSR count). The van der Waals surface area contributed by atoms with Gasteiger partial charge in [0.2, 0.25) is 0 Å². The topological polar surface area (TPSA) is 94.5 Å². The molecule has 36 valence electrons. The van der Waals surface area contributed by atoms with Crippen molar-refractivity contribution in [1.29, 1.82) is 0 Å². The molecule has 6 N–H and O–H groups in total. The minimum atomic E-state index is 0. The summed E-state index contributed by atoms with van der Waals surface area (Å²) in [6.07, 6.45) is 0. The van der Waals surface area contributed by atoms with Crippen molar-refractivity contribution < 1.29 is 16.4 Å². The van der Waals surface area contributed by atoms with Crippen LogP contribution in [0.2, 0.25) is 0 Å². The first-order chi connectivity index (χ1) is 0. The van der Waals surface area contributed by atoms with Gasteiger partial charge in [0.1, 0.15) is 0 Å². The molecule has 0 aliphatic carbocycles. The molecule has 5 heteroatoms. The number of hydrogen-bond acceptors (Lipinski definition) is 0. The maximum absolute atomic E-state index is 0. The zero-order valence-corrected chi connectivity index (χ0v) is 1.50. The van der Waals surface area contributed by atoms with E-state index in [2.05, 4.69) is 0 Å². The zero-order chi connectivity index (χ0) is 0. The van der Waals surface area contributed by atoms with Gasteiger partial charge in [-0.05, 0) is 0 Å². The molecule has 0 aromatic carbocycles. The minimum absolute atomic E-state index is 0. The second kappa shape index (κ2) is 238. The summed E-state index contributed by atoms with van der Waals surface area (Å²) in [6, 6.07) is 0. The first kappa shape index (κ1) is 482. The van der Waals surface area contributed by atoms with Gasteiger partial charge in [0, 0.05) is 0 Å². The van der Waals surface area contributed by atoms with Crippen LogP contribution in [0.5, 0.6) is 0 Å². The molecule has 0 aromatic rings. The molecule has 0 aromatic heterocycles. The Morgan fingerprint density at radius 2 is 0.600 bits per heavy atom. The Morgan fingerprint density at radius 1 is 0.600 bits per heavy atom. The molecule has 0 saturated carbocycles. The molecule has 0 unspecified atom stereocenters. The molecule has 5 heavy (non-hydrogen) atoms. The molecule has 3 nitrogen and oxygen atoms in total. The lowest BCUT2D eigenvalue weighted by molar-refractivity contribution is 0.823. The highest BCUT2D eigenvalue weighted by Gasteiger charge is 0.187. The van der Waals surface area contributed by atoms with Gasteiger partial charge in [-0.25, -0.2) is 0 Å². The standard InChI is InChI=1S/Al.BH3.3H2O.3H/h;1H3;3*1H2;;;. The zero-order valence-electron chi connectivity index (χ0n) is 1.50. The fourth-order valence-corrected chi connectivity index (χ4v) is 0. The van der Waals surface area contributed by atoms with Gasteiger partial charge in [-0.15, -0.1) is 0 Å². The van der Waals surface area contributed by atoms with Crippen molar-refractivity contribution in [3.63, 3.8) is 0 Å². The molecular weight excluding hydrogens is 85.8 g/mol. The molecule has 0 saturated heterocycles. The van der Waals surface area contributed by atoms with E-state index in [1.54, 1.807) is 0 Å². The van der Waals surface area contributed by atoms with Crippen molar-refractivity contribution in [1.82, 2.24) is 0 Å². The fraction of sp³-hybridized carbons (Fsp3) is 0. The van der Waals surface area contributed by atoms with E-state index in [-0.39, 0.29) is 42.2 Å². The van der Waals surface area contributed by atoms with Crippen molar-refractivity contribution >= 4 is 25.8 Å². The quantitative estimate of drug-likeness (QED) is 0.271. The molecule has 0 heterocycles. The highest BCUT2D eigenvalue weighted by Crippen LogP contribution is -0.287. The summed E-state index contributed by atoms with van der Waals surface area (Å²) in [5, 5.41) is 0. The Kier molecular flexibility index (Phi) is 22900. The smallest absolute Gasteiger partial charge is 0.187 e. The summed E-state index contributed by atoms with van der Waals surface area (Å²) in [5.41, 5.74) is 0. The Balaban J connectivity index is 0. The third-order valence-corrected chi connectivity index (χ3v) is 0. The lowest BCUT2D eigenvalue weighted by atomic mass is 10.8.